The minimum atomic E-state index is -1.31. The zero-order chi connectivity index (χ0) is 8.69. The highest BCUT2D eigenvalue weighted by Crippen LogP contribution is 1.89. The van der Waals surface area contributed by atoms with E-state index in [2.05, 4.69) is 0 Å². The lowest BCUT2D eigenvalue weighted by atomic mass is 10.3. The van der Waals surface area contributed by atoms with Crippen molar-refractivity contribution in [1.82, 2.24) is 0 Å². The molecule has 58 valence electrons. The van der Waals surface area contributed by atoms with E-state index in [0.717, 1.165) is 12.2 Å². The van der Waals surface area contributed by atoms with E-state index in [4.69, 9.17) is 5.11 Å². The molecule has 0 amide bonds. The van der Waals surface area contributed by atoms with Crippen molar-refractivity contribution in [3.63, 3.8) is 0 Å². The molecule has 4 nitrogen and oxygen atoms in total. The summed E-state index contributed by atoms with van der Waals surface area (Å²) in [6.45, 7) is 0. The molecule has 0 heterocycles. The summed E-state index contributed by atoms with van der Waals surface area (Å²) in [6, 6.07) is 0. The summed E-state index contributed by atoms with van der Waals surface area (Å²) in [7, 11) is 0. The quantitative estimate of drug-likeness (QED) is 0.202. The van der Waals surface area contributed by atoms with E-state index >= 15 is 0 Å². The predicted molar refractivity (Wildman–Crippen MR) is 37.0 cm³/mol. The Labute approximate surface area is 62.8 Å². The summed E-state index contributed by atoms with van der Waals surface area (Å²) in [5.41, 5.74) is -0.386. The number of allylic oxidation sites excluding steroid dienone is 3. The maximum Gasteiger partial charge on any atom is 0.339 e. The molecule has 0 aromatic heterocycles. The summed E-state index contributed by atoms with van der Waals surface area (Å²) >= 11 is 0. The molecule has 0 aromatic carbocycles. The van der Waals surface area contributed by atoms with Crippen LogP contribution in [0.15, 0.2) is 23.8 Å². The Bertz CT molecular complexity index is 225. The van der Waals surface area contributed by atoms with Crippen LogP contribution in [0.5, 0.6) is 0 Å². The van der Waals surface area contributed by atoms with Crippen molar-refractivity contribution in [2.45, 2.75) is 0 Å². The van der Waals surface area contributed by atoms with E-state index in [9.17, 15) is 14.4 Å². The fourth-order valence-electron chi connectivity index (χ4n) is 0.366. The molecular formula is C7H6O4. The molecule has 0 bridgehead atoms. The highest BCUT2D eigenvalue weighted by molar-refractivity contribution is 6.06. The molecule has 0 saturated heterocycles. The molecule has 0 atom stereocenters. The number of carboxylic acid groups (broad SMARTS) is 1. The standard InChI is InChI=1S/C7H6O4/c8-4-2-1-3-6(5-9)7(10)11/h1-5H,(H,10,11)/b2-1+,6-3-. The second-order valence-electron chi connectivity index (χ2n) is 1.57. The third-order valence-electron chi connectivity index (χ3n) is 0.839. The lowest BCUT2D eigenvalue weighted by Crippen LogP contribution is -2.00. The van der Waals surface area contributed by atoms with Gasteiger partial charge in [-0.3, -0.25) is 9.59 Å². The second-order valence-corrected chi connectivity index (χ2v) is 1.57. The molecule has 0 saturated carbocycles. The van der Waals surface area contributed by atoms with E-state index in [1.54, 1.807) is 0 Å². The topological polar surface area (TPSA) is 71.4 Å². The lowest BCUT2D eigenvalue weighted by molar-refractivity contribution is -0.133. The van der Waals surface area contributed by atoms with Crippen LogP contribution in [-0.2, 0) is 14.4 Å². The Kier molecular flexibility index (Phi) is 4.31. The first-order valence-corrected chi connectivity index (χ1v) is 2.73. The Hall–Kier alpha value is -1.71. The van der Waals surface area contributed by atoms with Gasteiger partial charge in [-0.2, -0.15) is 0 Å². The number of rotatable bonds is 4. The molecule has 0 aromatic rings. The van der Waals surface area contributed by atoms with Crippen molar-refractivity contribution < 1.29 is 19.5 Å². The number of hydrogen-bond acceptors (Lipinski definition) is 3. The van der Waals surface area contributed by atoms with E-state index in [-0.39, 0.29) is 11.9 Å². The first-order chi connectivity index (χ1) is 5.22. The fourth-order valence-corrected chi connectivity index (χ4v) is 0.366. The molecule has 0 spiro atoms. The van der Waals surface area contributed by atoms with Crippen LogP contribution in [0.1, 0.15) is 0 Å². The molecule has 4 heteroatoms. The Balaban J connectivity index is 4.35. The third-order valence-corrected chi connectivity index (χ3v) is 0.839. The molecule has 0 aliphatic rings. The van der Waals surface area contributed by atoms with Gasteiger partial charge >= 0.3 is 5.97 Å². The van der Waals surface area contributed by atoms with Crippen molar-refractivity contribution in [3.8, 4) is 0 Å². The smallest absolute Gasteiger partial charge is 0.339 e. The molecule has 0 rings (SSSR count). The van der Waals surface area contributed by atoms with Gasteiger partial charge in [-0.25, -0.2) is 4.79 Å². The van der Waals surface area contributed by atoms with Gasteiger partial charge in [-0.1, -0.05) is 6.08 Å². The van der Waals surface area contributed by atoms with E-state index < -0.39 is 5.97 Å². The highest BCUT2D eigenvalue weighted by atomic mass is 16.4. The van der Waals surface area contributed by atoms with Gasteiger partial charge in [0.25, 0.3) is 0 Å². The van der Waals surface area contributed by atoms with Crippen molar-refractivity contribution in [1.29, 1.82) is 0 Å². The molecule has 0 fully saturated rings. The zero-order valence-electron chi connectivity index (χ0n) is 5.56. The molecule has 0 unspecified atom stereocenters. The van der Waals surface area contributed by atoms with E-state index in [0.29, 0.717) is 6.29 Å². The van der Waals surface area contributed by atoms with Crippen LogP contribution in [0, 0.1) is 0 Å². The number of carboxylic acids is 1. The van der Waals surface area contributed by atoms with Gasteiger partial charge in [0.1, 0.15) is 6.29 Å². The van der Waals surface area contributed by atoms with Crippen LogP contribution in [0.25, 0.3) is 0 Å². The van der Waals surface area contributed by atoms with Crippen LogP contribution in [-0.4, -0.2) is 23.6 Å². The van der Waals surface area contributed by atoms with Crippen molar-refractivity contribution in [2.24, 2.45) is 0 Å². The summed E-state index contributed by atoms with van der Waals surface area (Å²) in [5, 5.41) is 8.25. The second kappa shape index (κ2) is 5.10. The van der Waals surface area contributed by atoms with Gasteiger partial charge < -0.3 is 5.11 Å². The highest BCUT2D eigenvalue weighted by Gasteiger charge is 2.01. The van der Waals surface area contributed by atoms with Gasteiger partial charge in [0.15, 0.2) is 6.29 Å². The van der Waals surface area contributed by atoms with E-state index in [1.165, 1.54) is 6.08 Å². The Morgan fingerprint density at radius 1 is 1.18 bits per heavy atom. The van der Waals surface area contributed by atoms with Gasteiger partial charge in [0.2, 0.25) is 0 Å². The number of carbonyl (C=O) groups excluding carboxylic acids is 2. The third kappa shape index (κ3) is 3.80. The fraction of sp³-hybridized carbons (Fsp3) is 0. The number of aliphatic carboxylic acids is 1. The van der Waals surface area contributed by atoms with Gasteiger partial charge in [-0.05, 0) is 12.2 Å². The van der Waals surface area contributed by atoms with E-state index in [1.807, 2.05) is 0 Å². The molecule has 0 radical (unpaired) electrons. The predicted octanol–water partition coefficient (Wildman–Crippen LogP) is -0.0486. The minimum absolute atomic E-state index is 0.206. The van der Waals surface area contributed by atoms with Gasteiger partial charge in [-0.15, -0.1) is 0 Å². The van der Waals surface area contributed by atoms with Crippen LogP contribution in [0.4, 0.5) is 0 Å². The lowest BCUT2D eigenvalue weighted by Gasteiger charge is -1.84. The molecule has 11 heavy (non-hydrogen) atoms. The average Bonchev–Trinajstić information content (AvgIpc) is 1.97. The summed E-state index contributed by atoms with van der Waals surface area (Å²) in [4.78, 5) is 29.8. The van der Waals surface area contributed by atoms with Crippen LogP contribution < -0.4 is 0 Å². The van der Waals surface area contributed by atoms with Gasteiger partial charge in [0, 0.05) is 0 Å². The van der Waals surface area contributed by atoms with Crippen molar-refractivity contribution in [2.75, 3.05) is 0 Å². The van der Waals surface area contributed by atoms with Crippen LogP contribution in [0.2, 0.25) is 0 Å². The van der Waals surface area contributed by atoms with Crippen LogP contribution in [0.3, 0.4) is 0 Å². The van der Waals surface area contributed by atoms with Gasteiger partial charge in [0.05, 0.1) is 5.57 Å². The maximum atomic E-state index is 10.1. The summed E-state index contributed by atoms with van der Waals surface area (Å²) < 4.78 is 0. The SMILES string of the molecule is O=C/C=C/C=C(/C=O)C(=O)O. The minimum Gasteiger partial charge on any atom is -0.478 e. The number of aldehydes is 2. The summed E-state index contributed by atoms with van der Waals surface area (Å²) in [6.07, 6.45) is 4.01. The molecular weight excluding hydrogens is 148 g/mol. The van der Waals surface area contributed by atoms with Crippen molar-refractivity contribution >= 4 is 18.5 Å². The molecule has 0 aliphatic carbocycles. The normalized spacial score (nSPS) is 11.5. The number of carbonyl (C=O) groups is 3. The first kappa shape index (κ1) is 9.29. The maximum absolute atomic E-state index is 10.1. The average molecular weight is 154 g/mol. The monoisotopic (exact) mass is 154 g/mol. The van der Waals surface area contributed by atoms with Crippen LogP contribution >= 0.6 is 0 Å². The Morgan fingerprint density at radius 2 is 1.82 bits per heavy atom. The number of hydrogen-bond donors (Lipinski definition) is 1. The summed E-state index contributed by atoms with van der Waals surface area (Å²) in [5.74, 6) is -1.31. The molecule has 1 N–H and O–H groups in total. The first-order valence-electron chi connectivity index (χ1n) is 2.73. The largest absolute Gasteiger partial charge is 0.478 e. The van der Waals surface area contributed by atoms with Crippen molar-refractivity contribution in [3.05, 3.63) is 23.8 Å². The Morgan fingerprint density at radius 3 is 2.18 bits per heavy atom. The molecule has 0 aliphatic heterocycles. The zero-order valence-corrected chi connectivity index (χ0v) is 5.56.